The molecule has 30 heavy (non-hydrogen) atoms. The quantitative estimate of drug-likeness (QED) is 0.525. The Labute approximate surface area is 177 Å². The first-order chi connectivity index (χ1) is 14.1. The van der Waals surface area contributed by atoms with Gasteiger partial charge < -0.3 is 14.6 Å². The molecule has 0 aromatic carbocycles. The summed E-state index contributed by atoms with van der Waals surface area (Å²) in [6, 6.07) is 5.07. The van der Waals surface area contributed by atoms with Gasteiger partial charge in [0.25, 0.3) is 0 Å². The Morgan fingerprint density at radius 2 is 1.93 bits per heavy atom. The first-order valence-electron chi connectivity index (χ1n) is 9.60. The van der Waals surface area contributed by atoms with E-state index in [1.54, 1.807) is 36.0 Å². The summed E-state index contributed by atoms with van der Waals surface area (Å²) in [5.74, 6) is -0.293. The third kappa shape index (κ3) is 3.61. The van der Waals surface area contributed by atoms with Crippen LogP contribution >= 0.6 is 12.4 Å². The largest absolute Gasteiger partial charge is 0.369 e. The first kappa shape index (κ1) is 20.2. The van der Waals surface area contributed by atoms with Crippen molar-refractivity contribution in [2.75, 3.05) is 31.1 Å². The standard InChI is InChI=1S/C20H20FN7O.ClH/c1-13-10-27-11-14(9-16(21)19(27)23-13)18-24-17-4-3-15(12-28(17)20(29)25-18)26-7-2-5-22-6-8-26;/h3-4,9-12,22H,2,5-8H2,1H3;1H. The lowest BCUT2D eigenvalue weighted by atomic mass is 10.2. The maximum Gasteiger partial charge on any atom is 0.355 e. The number of nitrogens with one attached hydrogen (secondary N) is 1. The van der Waals surface area contributed by atoms with E-state index in [0.29, 0.717) is 16.9 Å². The monoisotopic (exact) mass is 429 g/mol. The number of hydrogen-bond donors (Lipinski definition) is 1. The molecule has 1 saturated heterocycles. The molecule has 0 bridgehead atoms. The zero-order chi connectivity index (χ0) is 20.0. The third-order valence-corrected chi connectivity index (χ3v) is 5.13. The Morgan fingerprint density at radius 3 is 2.80 bits per heavy atom. The average molecular weight is 430 g/mol. The minimum atomic E-state index is -0.482. The molecule has 0 unspecified atom stereocenters. The van der Waals surface area contributed by atoms with Crippen LogP contribution in [0, 0.1) is 12.7 Å². The van der Waals surface area contributed by atoms with Gasteiger partial charge in [0.2, 0.25) is 0 Å². The van der Waals surface area contributed by atoms with Crippen LogP contribution in [0.3, 0.4) is 0 Å². The molecule has 156 valence electrons. The summed E-state index contributed by atoms with van der Waals surface area (Å²) in [5.41, 5.74) is 2.36. The summed E-state index contributed by atoms with van der Waals surface area (Å²) in [7, 11) is 0. The predicted molar refractivity (Wildman–Crippen MR) is 115 cm³/mol. The summed E-state index contributed by atoms with van der Waals surface area (Å²) >= 11 is 0. The van der Waals surface area contributed by atoms with E-state index < -0.39 is 11.5 Å². The van der Waals surface area contributed by atoms with Crippen LogP contribution in [0.2, 0.25) is 0 Å². The van der Waals surface area contributed by atoms with Crippen LogP contribution in [-0.2, 0) is 0 Å². The summed E-state index contributed by atoms with van der Waals surface area (Å²) in [6.07, 6.45) is 6.22. The second-order valence-electron chi connectivity index (χ2n) is 7.23. The van der Waals surface area contributed by atoms with Gasteiger partial charge in [0.15, 0.2) is 17.3 Å². The Kier molecular flexibility index (Phi) is 5.40. The molecule has 8 nitrogen and oxygen atoms in total. The number of anilines is 1. The average Bonchev–Trinajstić information content (AvgIpc) is 2.90. The third-order valence-electron chi connectivity index (χ3n) is 5.13. The van der Waals surface area contributed by atoms with Crippen LogP contribution in [0.1, 0.15) is 12.1 Å². The van der Waals surface area contributed by atoms with Crippen molar-refractivity contribution in [1.82, 2.24) is 29.1 Å². The molecular formula is C20H21ClFN7O. The Bertz CT molecular complexity index is 1280. The maximum absolute atomic E-state index is 14.4. The molecule has 0 aliphatic carbocycles. The molecule has 0 spiro atoms. The van der Waals surface area contributed by atoms with E-state index in [-0.39, 0.29) is 23.9 Å². The van der Waals surface area contributed by atoms with E-state index >= 15 is 0 Å². The van der Waals surface area contributed by atoms with Crippen molar-refractivity contribution in [3.05, 3.63) is 58.8 Å². The molecule has 1 fully saturated rings. The number of aromatic nitrogens is 5. The lowest BCUT2D eigenvalue weighted by molar-refractivity contribution is 0.630. The van der Waals surface area contributed by atoms with Crippen LogP contribution in [0.25, 0.3) is 22.7 Å². The molecule has 5 rings (SSSR count). The molecule has 1 aliphatic heterocycles. The number of hydrogen-bond acceptors (Lipinski definition) is 6. The summed E-state index contributed by atoms with van der Waals surface area (Å²) in [6.45, 7) is 5.50. The van der Waals surface area contributed by atoms with E-state index in [1.807, 2.05) is 6.07 Å². The van der Waals surface area contributed by atoms with Crippen molar-refractivity contribution in [1.29, 1.82) is 0 Å². The fourth-order valence-corrected chi connectivity index (χ4v) is 3.73. The van der Waals surface area contributed by atoms with Crippen molar-refractivity contribution in [2.45, 2.75) is 13.3 Å². The first-order valence-corrected chi connectivity index (χ1v) is 9.60. The molecule has 4 aromatic heterocycles. The molecular weight excluding hydrogens is 409 g/mol. The number of rotatable bonds is 2. The van der Waals surface area contributed by atoms with Crippen LogP contribution in [-0.4, -0.2) is 49.9 Å². The molecule has 5 heterocycles. The van der Waals surface area contributed by atoms with E-state index in [0.717, 1.165) is 38.3 Å². The fraction of sp³-hybridized carbons (Fsp3) is 0.300. The molecule has 4 aromatic rings. The number of nitrogens with zero attached hydrogens (tertiary/aromatic N) is 6. The van der Waals surface area contributed by atoms with Crippen molar-refractivity contribution < 1.29 is 4.39 Å². The minimum absolute atomic E-state index is 0. The van der Waals surface area contributed by atoms with Gasteiger partial charge in [-0.1, -0.05) is 0 Å². The Hall–Kier alpha value is -3.04. The minimum Gasteiger partial charge on any atom is -0.369 e. The van der Waals surface area contributed by atoms with Gasteiger partial charge in [-0.25, -0.2) is 23.6 Å². The van der Waals surface area contributed by atoms with E-state index in [1.165, 1.54) is 10.5 Å². The van der Waals surface area contributed by atoms with Crippen molar-refractivity contribution >= 4 is 29.4 Å². The van der Waals surface area contributed by atoms with Gasteiger partial charge in [0.05, 0.1) is 11.4 Å². The van der Waals surface area contributed by atoms with E-state index in [2.05, 4.69) is 25.2 Å². The maximum atomic E-state index is 14.4. The normalized spacial score (nSPS) is 14.7. The number of imidazole rings is 1. The van der Waals surface area contributed by atoms with Crippen LogP contribution in [0.5, 0.6) is 0 Å². The molecule has 1 N–H and O–H groups in total. The second kappa shape index (κ2) is 8.00. The summed E-state index contributed by atoms with van der Waals surface area (Å²) in [4.78, 5) is 27.7. The van der Waals surface area contributed by atoms with Crippen LogP contribution in [0.4, 0.5) is 10.1 Å². The van der Waals surface area contributed by atoms with Gasteiger partial charge in [-0.05, 0) is 38.1 Å². The van der Waals surface area contributed by atoms with Crippen molar-refractivity contribution in [3.8, 4) is 11.4 Å². The highest BCUT2D eigenvalue weighted by Gasteiger charge is 2.14. The smallest absolute Gasteiger partial charge is 0.355 e. The van der Waals surface area contributed by atoms with Gasteiger partial charge in [-0.15, -0.1) is 12.4 Å². The van der Waals surface area contributed by atoms with Gasteiger partial charge in [-0.3, -0.25) is 0 Å². The molecule has 1 aliphatic rings. The van der Waals surface area contributed by atoms with E-state index in [4.69, 9.17) is 0 Å². The van der Waals surface area contributed by atoms with Crippen LogP contribution in [0.15, 0.2) is 41.6 Å². The molecule has 10 heteroatoms. The topological polar surface area (TPSA) is 79.8 Å². The van der Waals surface area contributed by atoms with Crippen molar-refractivity contribution in [2.24, 2.45) is 0 Å². The zero-order valence-electron chi connectivity index (χ0n) is 16.4. The molecule has 0 radical (unpaired) electrons. The lowest BCUT2D eigenvalue weighted by Crippen LogP contribution is -2.29. The Balaban J connectivity index is 0.00000218. The highest BCUT2D eigenvalue weighted by molar-refractivity contribution is 5.85. The Morgan fingerprint density at radius 1 is 1.07 bits per heavy atom. The number of halogens is 2. The predicted octanol–water partition coefficient (Wildman–Crippen LogP) is 2.07. The zero-order valence-corrected chi connectivity index (χ0v) is 17.2. The van der Waals surface area contributed by atoms with Gasteiger partial charge in [-0.2, -0.15) is 4.98 Å². The van der Waals surface area contributed by atoms with E-state index in [9.17, 15) is 9.18 Å². The molecule has 0 amide bonds. The second-order valence-corrected chi connectivity index (χ2v) is 7.23. The van der Waals surface area contributed by atoms with Crippen molar-refractivity contribution in [3.63, 3.8) is 0 Å². The highest BCUT2D eigenvalue weighted by atomic mass is 35.5. The summed E-state index contributed by atoms with van der Waals surface area (Å²) in [5, 5.41) is 3.37. The number of fused-ring (bicyclic) bond motifs is 2. The molecule has 0 saturated carbocycles. The lowest BCUT2D eigenvalue weighted by Gasteiger charge is -2.22. The number of pyridine rings is 2. The summed E-state index contributed by atoms with van der Waals surface area (Å²) < 4.78 is 17.4. The molecule has 0 atom stereocenters. The fourth-order valence-electron chi connectivity index (χ4n) is 3.73. The SMILES string of the molecule is Cc1cn2cc(-c3nc(=O)n4cc(N5CCCNCC5)ccc4n3)cc(F)c2n1.Cl. The highest BCUT2D eigenvalue weighted by Crippen LogP contribution is 2.20. The van der Waals surface area contributed by atoms with Gasteiger partial charge >= 0.3 is 5.69 Å². The van der Waals surface area contributed by atoms with Gasteiger partial charge in [0.1, 0.15) is 5.65 Å². The number of aryl methyl sites for hydroxylation is 1. The van der Waals surface area contributed by atoms with Gasteiger partial charge in [0, 0.05) is 43.8 Å². The van der Waals surface area contributed by atoms with Crippen LogP contribution < -0.4 is 15.9 Å².